The predicted octanol–water partition coefficient (Wildman–Crippen LogP) is 3.47. The molecule has 170 valence electrons. The number of nitro groups is 1. The molecule has 32 heavy (non-hydrogen) atoms. The number of hydrogen-bond donors (Lipinski definition) is 0. The molecule has 10 heteroatoms. The lowest BCUT2D eigenvalue weighted by Gasteiger charge is -2.20. The number of benzene rings is 2. The van der Waals surface area contributed by atoms with E-state index in [1.807, 2.05) is 0 Å². The van der Waals surface area contributed by atoms with Crippen LogP contribution < -0.4 is 4.74 Å². The van der Waals surface area contributed by atoms with Crippen LogP contribution in [0, 0.1) is 17.0 Å². The Morgan fingerprint density at radius 3 is 2.25 bits per heavy atom. The Kier molecular flexibility index (Phi) is 7.89. The fraction of sp³-hybridized carbons (Fsp3) is 0.318. The summed E-state index contributed by atoms with van der Waals surface area (Å²) in [6, 6.07) is 6.99. The van der Waals surface area contributed by atoms with Crippen molar-refractivity contribution in [2.24, 2.45) is 0 Å². The molecule has 0 saturated heterocycles. The normalized spacial score (nSPS) is 10.4. The Hall–Kier alpha value is -3.95. The highest BCUT2D eigenvalue weighted by Crippen LogP contribution is 2.41. The third kappa shape index (κ3) is 5.20. The summed E-state index contributed by atoms with van der Waals surface area (Å²) < 4.78 is 20.2. The largest absolute Gasteiger partial charge is 0.481 e. The Morgan fingerprint density at radius 2 is 1.69 bits per heavy atom. The number of nitrogens with zero attached hydrogens (tertiary/aromatic N) is 1. The molecule has 0 spiro atoms. The van der Waals surface area contributed by atoms with E-state index < -0.39 is 35.5 Å². The third-order valence-electron chi connectivity index (χ3n) is 4.37. The maximum Gasteiger partial charge on any atom is 0.343 e. The summed E-state index contributed by atoms with van der Waals surface area (Å²) in [5.74, 6) is -2.52. The second-order valence-electron chi connectivity index (χ2n) is 6.90. The van der Waals surface area contributed by atoms with E-state index in [1.54, 1.807) is 20.8 Å². The van der Waals surface area contributed by atoms with Crippen LogP contribution in [-0.2, 0) is 19.0 Å². The van der Waals surface area contributed by atoms with E-state index >= 15 is 0 Å². The quantitative estimate of drug-likeness (QED) is 0.259. The Balaban J connectivity index is 2.96. The minimum absolute atomic E-state index is 0.0137. The van der Waals surface area contributed by atoms with E-state index in [4.69, 9.17) is 14.2 Å². The summed E-state index contributed by atoms with van der Waals surface area (Å²) in [7, 11) is 2.28. The summed E-state index contributed by atoms with van der Waals surface area (Å²) >= 11 is 0. The molecule has 0 N–H and O–H groups in total. The molecule has 0 aromatic heterocycles. The first kappa shape index (κ1) is 24.3. The van der Waals surface area contributed by atoms with Gasteiger partial charge in [-0.1, -0.05) is 12.1 Å². The van der Waals surface area contributed by atoms with E-state index in [2.05, 4.69) is 4.74 Å². The van der Waals surface area contributed by atoms with Crippen molar-refractivity contribution in [1.82, 2.24) is 0 Å². The number of rotatable bonds is 8. The van der Waals surface area contributed by atoms with Gasteiger partial charge in [-0.2, -0.15) is 0 Å². The molecule has 0 heterocycles. The third-order valence-corrected chi connectivity index (χ3v) is 4.37. The number of esters is 3. The topological polar surface area (TPSA) is 131 Å². The lowest BCUT2D eigenvalue weighted by atomic mass is 9.89. The van der Waals surface area contributed by atoms with Crippen molar-refractivity contribution in [3.8, 4) is 16.9 Å². The van der Waals surface area contributed by atoms with Gasteiger partial charge in [0.15, 0.2) is 6.61 Å². The maximum atomic E-state index is 13.0. The molecule has 0 aliphatic heterocycles. The van der Waals surface area contributed by atoms with Gasteiger partial charge in [0.1, 0.15) is 11.3 Å². The van der Waals surface area contributed by atoms with E-state index in [1.165, 1.54) is 37.4 Å². The molecule has 10 nitrogen and oxygen atoms in total. The molecule has 0 bridgehead atoms. The van der Waals surface area contributed by atoms with Gasteiger partial charge in [-0.25, -0.2) is 14.4 Å². The van der Waals surface area contributed by atoms with Crippen molar-refractivity contribution in [1.29, 1.82) is 0 Å². The monoisotopic (exact) mass is 445 g/mol. The second kappa shape index (κ2) is 10.4. The number of carbonyl (C=O) groups is 3. The summed E-state index contributed by atoms with van der Waals surface area (Å²) in [6.07, 6.45) is -0.489. The molecule has 0 amide bonds. The van der Waals surface area contributed by atoms with Gasteiger partial charge in [-0.05, 0) is 38.5 Å². The lowest BCUT2D eigenvalue weighted by Crippen LogP contribution is -2.19. The standard InChI is InChI=1S/C22H23NO9/c1-12(2)32-22(26)18-13(3)10-16(31-11-17(24)29-4)20(21(25)30-5)19(18)14-8-6-7-9-15(14)23(27)28/h6-10,12H,11H2,1-5H3. The van der Waals surface area contributed by atoms with Crippen LogP contribution in [0.1, 0.15) is 40.1 Å². The molecular formula is C22H23NO9. The van der Waals surface area contributed by atoms with Gasteiger partial charge in [0, 0.05) is 11.6 Å². The fourth-order valence-electron chi connectivity index (χ4n) is 3.05. The minimum Gasteiger partial charge on any atom is -0.481 e. The molecule has 0 saturated carbocycles. The number of carbonyl (C=O) groups excluding carboxylic acids is 3. The van der Waals surface area contributed by atoms with Crippen LogP contribution >= 0.6 is 0 Å². The van der Waals surface area contributed by atoms with Crippen molar-refractivity contribution >= 4 is 23.6 Å². The van der Waals surface area contributed by atoms with E-state index in [0.717, 1.165) is 7.11 Å². The molecule has 0 aliphatic carbocycles. The van der Waals surface area contributed by atoms with Crippen molar-refractivity contribution in [3.63, 3.8) is 0 Å². The van der Waals surface area contributed by atoms with Gasteiger partial charge < -0.3 is 18.9 Å². The van der Waals surface area contributed by atoms with E-state index in [0.29, 0.717) is 5.56 Å². The molecule has 2 rings (SSSR count). The van der Waals surface area contributed by atoms with Crippen LogP contribution in [-0.4, -0.2) is 49.8 Å². The fourth-order valence-corrected chi connectivity index (χ4v) is 3.05. The Labute approximate surface area is 184 Å². The molecule has 0 aliphatic rings. The number of para-hydroxylation sites is 1. The summed E-state index contributed by atoms with van der Waals surface area (Å²) in [5, 5.41) is 11.7. The zero-order valence-corrected chi connectivity index (χ0v) is 18.3. The van der Waals surface area contributed by atoms with Gasteiger partial charge >= 0.3 is 17.9 Å². The number of aryl methyl sites for hydroxylation is 1. The maximum absolute atomic E-state index is 13.0. The zero-order chi connectivity index (χ0) is 24.0. The average molecular weight is 445 g/mol. The van der Waals surface area contributed by atoms with E-state index in [9.17, 15) is 24.5 Å². The van der Waals surface area contributed by atoms with Crippen LogP contribution in [0.2, 0.25) is 0 Å². The van der Waals surface area contributed by atoms with Crippen LogP contribution in [0.15, 0.2) is 30.3 Å². The van der Waals surface area contributed by atoms with Crippen molar-refractivity contribution < 1.29 is 38.3 Å². The highest BCUT2D eigenvalue weighted by Gasteiger charge is 2.32. The number of methoxy groups -OCH3 is 2. The van der Waals surface area contributed by atoms with Gasteiger partial charge in [0.2, 0.25) is 0 Å². The molecule has 0 unspecified atom stereocenters. The van der Waals surface area contributed by atoms with Crippen LogP contribution in [0.3, 0.4) is 0 Å². The highest BCUT2D eigenvalue weighted by molar-refractivity contribution is 6.09. The van der Waals surface area contributed by atoms with Crippen LogP contribution in [0.4, 0.5) is 5.69 Å². The molecule has 0 radical (unpaired) electrons. The Bertz CT molecular complexity index is 1060. The summed E-state index contributed by atoms with van der Waals surface area (Å²) in [4.78, 5) is 48.4. The Morgan fingerprint density at radius 1 is 1.03 bits per heavy atom. The zero-order valence-electron chi connectivity index (χ0n) is 18.3. The van der Waals surface area contributed by atoms with Crippen molar-refractivity contribution in [3.05, 3.63) is 57.1 Å². The van der Waals surface area contributed by atoms with E-state index in [-0.39, 0.29) is 33.7 Å². The van der Waals surface area contributed by atoms with Crippen LogP contribution in [0.5, 0.6) is 5.75 Å². The predicted molar refractivity (Wildman–Crippen MR) is 113 cm³/mol. The molecule has 2 aromatic rings. The smallest absolute Gasteiger partial charge is 0.343 e. The first-order valence-corrected chi connectivity index (χ1v) is 9.52. The molecule has 0 atom stereocenters. The van der Waals surface area contributed by atoms with Gasteiger partial charge in [0.25, 0.3) is 5.69 Å². The first-order chi connectivity index (χ1) is 15.1. The average Bonchev–Trinajstić information content (AvgIpc) is 2.75. The number of nitro benzene ring substituents is 1. The van der Waals surface area contributed by atoms with Gasteiger partial charge in [-0.15, -0.1) is 0 Å². The van der Waals surface area contributed by atoms with Crippen molar-refractivity contribution in [2.75, 3.05) is 20.8 Å². The summed E-state index contributed by atoms with van der Waals surface area (Å²) in [5.41, 5.74) is -0.446. The molecule has 0 fully saturated rings. The minimum atomic E-state index is -0.920. The number of ether oxygens (including phenoxy) is 4. The van der Waals surface area contributed by atoms with Crippen LogP contribution in [0.25, 0.3) is 11.1 Å². The summed E-state index contributed by atoms with van der Waals surface area (Å²) in [6.45, 7) is 4.31. The highest BCUT2D eigenvalue weighted by atomic mass is 16.6. The molecule has 2 aromatic carbocycles. The van der Waals surface area contributed by atoms with Crippen molar-refractivity contribution in [2.45, 2.75) is 26.9 Å². The second-order valence-corrected chi connectivity index (χ2v) is 6.90. The lowest BCUT2D eigenvalue weighted by molar-refractivity contribution is -0.384. The van der Waals surface area contributed by atoms with Gasteiger partial charge in [0.05, 0.1) is 36.4 Å². The SMILES string of the molecule is COC(=O)COc1cc(C)c(C(=O)OC(C)C)c(-c2ccccc2[N+](=O)[O-])c1C(=O)OC. The number of hydrogen-bond acceptors (Lipinski definition) is 9. The first-order valence-electron chi connectivity index (χ1n) is 9.52. The molecular weight excluding hydrogens is 422 g/mol. The van der Waals surface area contributed by atoms with Gasteiger partial charge in [-0.3, -0.25) is 10.1 Å².